The number of nitrogens with one attached hydrogen (secondary N) is 2. The molecule has 2 unspecified atom stereocenters. The molecule has 0 fully saturated rings. The Morgan fingerprint density at radius 1 is 1.48 bits per heavy atom. The first-order chi connectivity index (χ1) is 10.1. The summed E-state index contributed by atoms with van der Waals surface area (Å²) in [4.78, 5) is 22.6. The predicted octanol–water partition coefficient (Wildman–Crippen LogP) is 0.909. The minimum atomic E-state index is -1.12. The number of fused-ring (bicyclic) bond motifs is 1. The van der Waals surface area contributed by atoms with Gasteiger partial charge in [-0.05, 0) is 6.07 Å². The SMILES string of the molecule is COC(CNC(=O)NC1CCOc2ccccc21)C(=O)O. The lowest BCUT2D eigenvalue weighted by Gasteiger charge is -2.26. The van der Waals surface area contributed by atoms with E-state index < -0.39 is 18.1 Å². The lowest BCUT2D eigenvalue weighted by molar-refractivity contribution is -0.147. The first-order valence-electron chi connectivity index (χ1n) is 6.63. The standard InChI is InChI=1S/C14H18N2O5/c1-20-12(13(17)18)8-15-14(19)16-10-6-7-21-11-5-3-2-4-9(10)11/h2-5,10,12H,6-8H2,1H3,(H,17,18)(H2,15,16,19). The number of amides is 2. The first-order valence-corrected chi connectivity index (χ1v) is 6.63. The average Bonchev–Trinajstić information content (AvgIpc) is 2.48. The highest BCUT2D eigenvalue weighted by Gasteiger charge is 2.23. The largest absolute Gasteiger partial charge is 0.493 e. The zero-order valence-electron chi connectivity index (χ0n) is 11.7. The molecule has 1 aromatic carbocycles. The van der Waals surface area contributed by atoms with Gasteiger partial charge in [0, 0.05) is 19.1 Å². The van der Waals surface area contributed by atoms with E-state index in [1.54, 1.807) is 0 Å². The Balaban J connectivity index is 1.90. The van der Waals surface area contributed by atoms with Crippen LogP contribution in [0, 0.1) is 0 Å². The second kappa shape index (κ2) is 6.94. The van der Waals surface area contributed by atoms with Crippen molar-refractivity contribution in [3.05, 3.63) is 29.8 Å². The second-order valence-corrected chi connectivity index (χ2v) is 4.64. The average molecular weight is 294 g/mol. The molecule has 3 N–H and O–H groups in total. The maximum absolute atomic E-state index is 11.9. The number of para-hydroxylation sites is 1. The van der Waals surface area contributed by atoms with Crippen LogP contribution >= 0.6 is 0 Å². The molecule has 7 heteroatoms. The molecule has 1 aliphatic rings. The topological polar surface area (TPSA) is 96.9 Å². The van der Waals surface area contributed by atoms with Crippen LogP contribution in [-0.2, 0) is 9.53 Å². The van der Waals surface area contributed by atoms with E-state index in [4.69, 9.17) is 14.6 Å². The molecule has 0 bridgehead atoms. The Kier molecular flexibility index (Phi) is 4.99. The molecule has 0 aliphatic carbocycles. The van der Waals surface area contributed by atoms with E-state index in [-0.39, 0.29) is 12.6 Å². The summed E-state index contributed by atoms with van der Waals surface area (Å²) in [5.41, 5.74) is 0.917. The minimum Gasteiger partial charge on any atom is -0.493 e. The van der Waals surface area contributed by atoms with Gasteiger partial charge in [0.2, 0.25) is 0 Å². The summed E-state index contributed by atoms with van der Waals surface area (Å²) in [6, 6.07) is 6.92. The lowest BCUT2D eigenvalue weighted by Crippen LogP contribution is -2.44. The van der Waals surface area contributed by atoms with Crippen LogP contribution in [0.5, 0.6) is 5.75 Å². The van der Waals surface area contributed by atoms with E-state index in [0.29, 0.717) is 13.0 Å². The van der Waals surface area contributed by atoms with Gasteiger partial charge in [0.1, 0.15) is 5.75 Å². The van der Waals surface area contributed by atoms with E-state index in [2.05, 4.69) is 10.6 Å². The molecule has 0 radical (unpaired) electrons. The molecular formula is C14H18N2O5. The van der Waals surface area contributed by atoms with Crippen LogP contribution in [0.25, 0.3) is 0 Å². The Bertz CT molecular complexity index is 520. The summed E-state index contributed by atoms with van der Waals surface area (Å²) in [5.74, 6) is -0.358. The Hall–Kier alpha value is -2.28. The van der Waals surface area contributed by atoms with Crippen molar-refractivity contribution < 1.29 is 24.2 Å². The number of carboxylic acids is 1. The van der Waals surface area contributed by atoms with Gasteiger partial charge >= 0.3 is 12.0 Å². The second-order valence-electron chi connectivity index (χ2n) is 4.64. The van der Waals surface area contributed by atoms with Crippen molar-refractivity contribution in [1.29, 1.82) is 0 Å². The number of hydrogen-bond acceptors (Lipinski definition) is 4. The van der Waals surface area contributed by atoms with Gasteiger partial charge in [-0.25, -0.2) is 9.59 Å². The van der Waals surface area contributed by atoms with Crippen molar-refractivity contribution in [2.75, 3.05) is 20.3 Å². The fraction of sp³-hybridized carbons (Fsp3) is 0.429. The van der Waals surface area contributed by atoms with Crippen LogP contribution in [0.4, 0.5) is 4.79 Å². The van der Waals surface area contributed by atoms with E-state index in [9.17, 15) is 9.59 Å². The Morgan fingerprint density at radius 3 is 2.95 bits per heavy atom. The molecule has 2 rings (SSSR count). The Labute approximate surface area is 122 Å². The van der Waals surface area contributed by atoms with Crippen LogP contribution in [0.3, 0.4) is 0 Å². The van der Waals surface area contributed by atoms with Gasteiger partial charge in [-0.3, -0.25) is 0 Å². The van der Waals surface area contributed by atoms with Gasteiger partial charge < -0.3 is 25.2 Å². The molecule has 114 valence electrons. The number of carboxylic acid groups (broad SMARTS) is 1. The number of aliphatic carboxylic acids is 1. The number of carbonyl (C=O) groups excluding carboxylic acids is 1. The summed E-state index contributed by atoms with van der Waals surface area (Å²) in [5, 5.41) is 14.1. The number of carbonyl (C=O) groups is 2. The van der Waals surface area contributed by atoms with Crippen molar-refractivity contribution >= 4 is 12.0 Å². The smallest absolute Gasteiger partial charge is 0.334 e. The van der Waals surface area contributed by atoms with Gasteiger partial charge in [0.25, 0.3) is 0 Å². The molecule has 1 aliphatic heterocycles. The van der Waals surface area contributed by atoms with Gasteiger partial charge in [0.05, 0.1) is 19.2 Å². The Morgan fingerprint density at radius 2 is 2.24 bits per heavy atom. The molecule has 2 amide bonds. The third-order valence-electron chi connectivity index (χ3n) is 3.27. The highest BCUT2D eigenvalue weighted by atomic mass is 16.5. The number of rotatable bonds is 5. The summed E-state index contributed by atoms with van der Waals surface area (Å²) >= 11 is 0. The van der Waals surface area contributed by atoms with Crippen LogP contribution in [0.1, 0.15) is 18.0 Å². The summed E-state index contributed by atoms with van der Waals surface area (Å²) in [7, 11) is 1.28. The van der Waals surface area contributed by atoms with Gasteiger partial charge in [-0.15, -0.1) is 0 Å². The predicted molar refractivity (Wildman–Crippen MR) is 74.3 cm³/mol. The maximum atomic E-state index is 11.9. The highest BCUT2D eigenvalue weighted by Crippen LogP contribution is 2.31. The first kappa shape index (κ1) is 15.1. The van der Waals surface area contributed by atoms with E-state index >= 15 is 0 Å². The molecule has 21 heavy (non-hydrogen) atoms. The molecule has 1 heterocycles. The number of hydrogen-bond donors (Lipinski definition) is 3. The van der Waals surface area contributed by atoms with Crippen LogP contribution in [-0.4, -0.2) is 43.5 Å². The molecule has 0 saturated heterocycles. The van der Waals surface area contributed by atoms with E-state index in [0.717, 1.165) is 11.3 Å². The number of methoxy groups -OCH3 is 1. The zero-order valence-corrected chi connectivity index (χ0v) is 11.7. The van der Waals surface area contributed by atoms with Crippen LogP contribution in [0.2, 0.25) is 0 Å². The fourth-order valence-electron chi connectivity index (χ4n) is 2.16. The van der Waals surface area contributed by atoms with Gasteiger partial charge in [-0.1, -0.05) is 18.2 Å². The maximum Gasteiger partial charge on any atom is 0.334 e. The number of urea groups is 1. The quantitative estimate of drug-likeness (QED) is 0.750. The monoisotopic (exact) mass is 294 g/mol. The third-order valence-corrected chi connectivity index (χ3v) is 3.27. The molecule has 0 spiro atoms. The van der Waals surface area contributed by atoms with Crippen molar-refractivity contribution in [2.45, 2.75) is 18.6 Å². The molecule has 7 nitrogen and oxygen atoms in total. The molecule has 0 saturated carbocycles. The summed E-state index contributed by atoms with van der Waals surface area (Å²) in [6.45, 7) is 0.431. The van der Waals surface area contributed by atoms with Gasteiger partial charge in [-0.2, -0.15) is 0 Å². The normalized spacial score (nSPS) is 18.0. The number of ether oxygens (including phenoxy) is 2. The molecule has 1 aromatic rings. The van der Waals surface area contributed by atoms with Crippen LogP contribution in [0.15, 0.2) is 24.3 Å². The summed E-state index contributed by atoms with van der Waals surface area (Å²) in [6.07, 6.45) is -0.394. The van der Waals surface area contributed by atoms with E-state index in [1.165, 1.54) is 7.11 Å². The number of benzene rings is 1. The highest BCUT2D eigenvalue weighted by molar-refractivity contribution is 5.77. The van der Waals surface area contributed by atoms with E-state index in [1.807, 2.05) is 24.3 Å². The molecular weight excluding hydrogens is 276 g/mol. The van der Waals surface area contributed by atoms with Crippen molar-refractivity contribution in [1.82, 2.24) is 10.6 Å². The fourth-order valence-corrected chi connectivity index (χ4v) is 2.16. The van der Waals surface area contributed by atoms with Crippen molar-refractivity contribution in [3.8, 4) is 5.75 Å². The zero-order chi connectivity index (χ0) is 15.2. The third kappa shape index (κ3) is 3.85. The van der Waals surface area contributed by atoms with Crippen molar-refractivity contribution in [3.63, 3.8) is 0 Å². The summed E-state index contributed by atoms with van der Waals surface area (Å²) < 4.78 is 10.3. The minimum absolute atomic E-state index is 0.0947. The lowest BCUT2D eigenvalue weighted by atomic mass is 10.0. The molecule has 0 aromatic heterocycles. The van der Waals surface area contributed by atoms with Crippen LogP contribution < -0.4 is 15.4 Å². The van der Waals surface area contributed by atoms with Crippen molar-refractivity contribution in [2.24, 2.45) is 0 Å². The van der Waals surface area contributed by atoms with Gasteiger partial charge in [0.15, 0.2) is 6.10 Å². The molecule has 2 atom stereocenters.